The van der Waals surface area contributed by atoms with Crippen LogP contribution in [0.5, 0.6) is 0 Å². The molecule has 0 aromatic carbocycles. The lowest BCUT2D eigenvalue weighted by atomic mass is 10.1. The topological polar surface area (TPSA) is 43.7 Å². The molecule has 3 heterocycles. The number of nitrogens with zero attached hydrogens (tertiary/aromatic N) is 2. The number of rotatable bonds is 1. The standard InChI is InChI=1S/C13H15ClN2O2S/c14-12-4-1-9(8-15-12)11-3-2-10-7-13(19-11)17-5-6-18-16-10/h1,4,8,11,13H,2-3,5-7H2/b16-10-. The second kappa shape index (κ2) is 6.11. The summed E-state index contributed by atoms with van der Waals surface area (Å²) in [6, 6.07) is 3.89. The molecule has 6 heteroatoms. The van der Waals surface area contributed by atoms with E-state index in [2.05, 4.69) is 10.1 Å². The van der Waals surface area contributed by atoms with Crippen molar-refractivity contribution in [2.75, 3.05) is 13.2 Å². The lowest BCUT2D eigenvalue weighted by molar-refractivity contribution is 0.0328. The summed E-state index contributed by atoms with van der Waals surface area (Å²) in [5, 5.41) is 5.10. The average Bonchev–Trinajstić information content (AvgIpc) is 2.61. The minimum atomic E-state index is 0.158. The van der Waals surface area contributed by atoms with Gasteiger partial charge in [-0.3, -0.25) is 0 Å². The molecule has 2 aliphatic heterocycles. The molecule has 3 rings (SSSR count). The van der Waals surface area contributed by atoms with Crippen LogP contribution in [-0.2, 0) is 9.57 Å². The van der Waals surface area contributed by atoms with Crippen molar-refractivity contribution >= 4 is 29.1 Å². The fourth-order valence-corrected chi connectivity index (χ4v) is 3.74. The molecule has 0 spiro atoms. The summed E-state index contributed by atoms with van der Waals surface area (Å²) in [7, 11) is 0. The van der Waals surface area contributed by atoms with E-state index in [1.165, 1.54) is 5.56 Å². The maximum absolute atomic E-state index is 5.84. The summed E-state index contributed by atoms with van der Waals surface area (Å²) in [6.07, 6.45) is 4.67. The van der Waals surface area contributed by atoms with Gasteiger partial charge in [-0.1, -0.05) is 22.8 Å². The Morgan fingerprint density at radius 2 is 2.26 bits per heavy atom. The van der Waals surface area contributed by atoms with Crippen LogP contribution < -0.4 is 0 Å². The van der Waals surface area contributed by atoms with Gasteiger partial charge in [0.15, 0.2) is 0 Å². The van der Waals surface area contributed by atoms with Crippen molar-refractivity contribution in [3.8, 4) is 0 Å². The number of thioether (sulfide) groups is 1. The fourth-order valence-electron chi connectivity index (χ4n) is 2.25. The molecule has 2 unspecified atom stereocenters. The summed E-state index contributed by atoms with van der Waals surface area (Å²) >= 11 is 7.68. The first-order valence-electron chi connectivity index (χ1n) is 6.37. The average molecular weight is 299 g/mol. The maximum atomic E-state index is 5.84. The molecule has 0 aliphatic carbocycles. The van der Waals surface area contributed by atoms with Crippen LogP contribution in [0, 0.1) is 0 Å². The van der Waals surface area contributed by atoms with E-state index in [9.17, 15) is 0 Å². The van der Waals surface area contributed by atoms with E-state index < -0.39 is 0 Å². The number of fused-ring (bicyclic) bond motifs is 2. The SMILES string of the molecule is Clc1ccc(C2CC/C3=N/OCCOC(C3)S2)cn1. The first-order chi connectivity index (χ1) is 9.31. The highest BCUT2D eigenvalue weighted by Crippen LogP contribution is 2.41. The Kier molecular flexibility index (Phi) is 4.25. The van der Waals surface area contributed by atoms with Gasteiger partial charge in [0.05, 0.1) is 12.3 Å². The number of oxime groups is 1. The Labute approximate surface area is 121 Å². The maximum Gasteiger partial charge on any atom is 0.140 e. The van der Waals surface area contributed by atoms with E-state index in [1.54, 1.807) is 0 Å². The van der Waals surface area contributed by atoms with Crippen LogP contribution in [0.1, 0.15) is 30.1 Å². The molecule has 1 aromatic rings. The van der Waals surface area contributed by atoms with Crippen molar-refractivity contribution in [2.24, 2.45) is 5.16 Å². The van der Waals surface area contributed by atoms with Gasteiger partial charge in [0.1, 0.15) is 17.2 Å². The van der Waals surface area contributed by atoms with Crippen LogP contribution in [0.2, 0.25) is 5.15 Å². The predicted molar refractivity (Wildman–Crippen MR) is 76.6 cm³/mol. The first kappa shape index (κ1) is 13.2. The quantitative estimate of drug-likeness (QED) is 0.745. The summed E-state index contributed by atoms with van der Waals surface area (Å²) in [5.41, 5.74) is 2.46. The van der Waals surface area contributed by atoms with Gasteiger partial charge in [0.25, 0.3) is 0 Å². The van der Waals surface area contributed by atoms with Crippen molar-refractivity contribution in [1.82, 2.24) is 4.98 Å². The van der Waals surface area contributed by atoms with Crippen molar-refractivity contribution in [3.05, 3.63) is 29.0 Å². The normalized spacial score (nSPS) is 30.3. The van der Waals surface area contributed by atoms with Gasteiger partial charge >= 0.3 is 0 Å². The van der Waals surface area contributed by atoms with Crippen LogP contribution in [0.25, 0.3) is 0 Å². The molecule has 19 heavy (non-hydrogen) atoms. The van der Waals surface area contributed by atoms with Gasteiger partial charge in [-0.05, 0) is 24.5 Å². The molecular weight excluding hydrogens is 284 g/mol. The predicted octanol–water partition coefficient (Wildman–Crippen LogP) is 3.42. The molecule has 0 amide bonds. The molecule has 1 aromatic heterocycles. The van der Waals surface area contributed by atoms with Crippen LogP contribution in [0.4, 0.5) is 0 Å². The number of pyridine rings is 1. The lowest BCUT2D eigenvalue weighted by Gasteiger charge is -2.20. The summed E-state index contributed by atoms with van der Waals surface area (Å²) in [4.78, 5) is 9.36. The van der Waals surface area contributed by atoms with Crippen molar-refractivity contribution in [3.63, 3.8) is 0 Å². The Hall–Kier alpha value is -0.780. The fraction of sp³-hybridized carbons (Fsp3) is 0.538. The molecule has 2 bridgehead atoms. The van der Waals surface area contributed by atoms with Gasteiger partial charge in [0.2, 0.25) is 0 Å². The van der Waals surface area contributed by atoms with Crippen molar-refractivity contribution < 1.29 is 9.57 Å². The first-order valence-corrected chi connectivity index (χ1v) is 7.69. The highest BCUT2D eigenvalue weighted by molar-refractivity contribution is 8.00. The minimum absolute atomic E-state index is 0.158. The zero-order chi connectivity index (χ0) is 13.1. The number of ether oxygens (including phenoxy) is 1. The number of hydrogen-bond donors (Lipinski definition) is 0. The van der Waals surface area contributed by atoms with Crippen LogP contribution in [0.3, 0.4) is 0 Å². The summed E-state index contributed by atoms with van der Waals surface area (Å²) in [6.45, 7) is 1.13. The zero-order valence-corrected chi connectivity index (χ0v) is 12.0. The Morgan fingerprint density at radius 1 is 1.32 bits per heavy atom. The van der Waals surface area contributed by atoms with Gasteiger partial charge in [-0.2, -0.15) is 0 Å². The molecule has 2 aliphatic rings. The lowest BCUT2D eigenvalue weighted by Crippen LogP contribution is -2.18. The molecule has 1 saturated heterocycles. The van der Waals surface area contributed by atoms with Gasteiger partial charge in [-0.25, -0.2) is 4.98 Å². The molecule has 0 radical (unpaired) electrons. The van der Waals surface area contributed by atoms with E-state index in [4.69, 9.17) is 21.2 Å². The highest BCUT2D eigenvalue weighted by atomic mass is 35.5. The largest absolute Gasteiger partial charge is 0.393 e. The summed E-state index contributed by atoms with van der Waals surface area (Å²) in [5.74, 6) is 0. The molecule has 1 fully saturated rings. The third kappa shape index (κ3) is 3.41. The van der Waals surface area contributed by atoms with Crippen molar-refractivity contribution in [2.45, 2.75) is 29.9 Å². The van der Waals surface area contributed by atoms with Gasteiger partial charge in [0, 0.05) is 17.9 Å². The Morgan fingerprint density at radius 3 is 3.11 bits per heavy atom. The zero-order valence-electron chi connectivity index (χ0n) is 10.4. The second-order valence-electron chi connectivity index (χ2n) is 4.57. The minimum Gasteiger partial charge on any atom is -0.393 e. The van der Waals surface area contributed by atoms with E-state index in [-0.39, 0.29) is 5.44 Å². The van der Waals surface area contributed by atoms with Gasteiger partial charge < -0.3 is 9.57 Å². The van der Waals surface area contributed by atoms with Gasteiger partial charge in [-0.15, -0.1) is 11.8 Å². The Balaban J connectivity index is 1.78. The van der Waals surface area contributed by atoms with E-state index >= 15 is 0 Å². The van der Waals surface area contributed by atoms with Crippen LogP contribution in [0.15, 0.2) is 23.5 Å². The molecule has 0 N–H and O–H groups in total. The number of hydrogen-bond acceptors (Lipinski definition) is 5. The van der Waals surface area contributed by atoms with E-state index in [0.717, 1.165) is 25.0 Å². The second-order valence-corrected chi connectivity index (χ2v) is 6.33. The number of aromatic nitrogens is 1. The third-order valence-corrected chi connectivity index (χ3v) is 4.87. The third-order valence-electron chi connectivity index (χ3n) is 3.21. The van der Waals surface area contributed by atoms with E-state index in [0.29, 0.717) is 23.6 Å². The summed E-state index contributed by atoms with van der Waals surface area (Å²) < 4.78 is 5.82. The van der Waals surface area contributed by atoms with Crippen molar-refractivity contribution in [1.29, 1.82) is 0 Å². The molecule has 102 valence electrons. The Bertz CT molecular complexity index is 466. The molecular formula is C13H15ClN2O2S. The smallest absolute Gasteiger partial charge is 0.140 e. The van der Waals surface area contributed by atoms with E-state index in [1.807, 2.05) is 30.1 Å². The number of halogens is 1. The molecule has 4 nitrogen and oxygen atoms in total. The highest BCUT2D eigenvalue weighted by Gasteiger charge is 2.27. The monoisotopic (exact) mass is 298 g/mol. The molecule has 0 saturated carbocycles. The van der Waals surface area contributed by atoms with Crippen LogP contribution in [-0.4, -0.2) is 29.3 Å². The molecule has 2 atom stereocenters. The van der Waals surface area contributed by atoms with Crippen LogP contribution >= 0.6 is 23.4 Å².